The van der Waals surface area contributed by atoms with E-state index in [2.05, 4.69) is 15.6 Å². The molecule has 19 heavy (non-hydrogen) atoms. The highest BCUT2D eigenvalue weighted by Crippen LogP contribution is 2.18. The Morgan fingerprint density at radius 2 is 2.00 bits per heavy atom. The van der Waals surface area contributed by atoms with Crippen LogP contribution in [0.15, 0.2) is 18.3 Å². The van der Waals surface area contributed by atoms with Gasteiger partial charge in [-0.1, -0.05) is 19.3 Å². The second-order valence-corrected chi connectivity index (χ2v) is 4.64. The van der Waals surface area contributed by atoms with Crippen molar-refractivity contribution < 1.29 is 14.7 Å². The molecule has 0 saturated heterocycles. The Hall–Kier alpha value is -2.11. The maximum atomic E-state index is 11.8. The van der Waals surface area contributed by atoms with E-state index in [9.17, 15) is 9.59 Å². The van der Waals surface area contributed by atoms with Gasteiger partial charge in [-0.15, -0.1) is 0 Å². The third kappa shape index (κ3) is 3.67. The van der Waals surface area contributed by atoms with Crippen LogP contribution in [0.5, 0.6) is 0 Å². The third-order valence-corrected chi connectivity index (χ3v) is 3.20. The Morgan fingerprint density at radius 1 is 1.26 bits per heavy atom. The number of aromatic nitrogens is 1. The molecule has 1 aliphatic rings. The summed E-state index contributed by atoms with van der Waals surface area (Å²) in [6.45, 7) is 0. The summed E-state index contributed by atoms with van der Waals surface area (Å²) in [7, 11) is 0. The number of pyridine rings is 1. The number of carboxylic acid groups (broad SMARTS) is 1. The predicted octanol–water partition coefficient (Wildman–Crippen LogP) is 2.23. The highest BCUT2D eigenvalue weighted by Gasteiger charge is 2.17. The van der Waals surface area contributed by atoms with Crippen LogP contribution in [0.3, 0.4) is 0 Å². The van der Waals surface area contributed by atoms with E-state index in [0.717, 1.165) is 25.7 Å². The molecule has 0 spiro atoms. The number of nitrogens with one attached hydrogen (secondary N) is 2. The molecule has 1 fully saturated rings. The van der Waals surface area contributed by atoms with Gasteiger partial charge >= 0.3 is 12.0 Å². The summed E-state index contributed by atoms with van der Waals surface area (Å²) >= 11 is 0. The number of amides is 2. The van der Waals surface area contributed by atoms with Crippen molar-refractivity contribution in [1.82, 2.24) is 10.3 Å². The molecule has 1 heterocycles. The number of nitrogens with zero attached hydrogens (tertiary/aromatic N) is 1. The summed E-state index contributed by atoms with van der Waals surface area (Å²) in [5.41, 5.74) is 0.0598. The van der Waals surface area contributed by atoms with Gasteiger partial charge in [0.25, 0.3) is 0 Å². The van der Waals surface area contributed by atoms with Crippen LogP contribution in [0.1, 0.15) is 42.6 Å². The second kappa shape index (κ2) is 6.17. The normalized spacial score (nSPS) is 15.8. The summed E-state index contributed by atoms with van der Waals surface area (Å²) in [6.07, 6.45) is 6.80. The average molecular weight is 263 g/mol. The van der Waals surface area contributed by atoms with Crippen LogP contribution >= 0.6 is 0 Å². The Morgan fingerprint density at radius 3 is 2.68 bits per heavy atom. The Bertz CT molecular complexity index is 470. The molecule has 102 valence electrons. The number of hydrogen-bond donors (Lipinski definition) is 3. The SMILES string of the molecule is O=C(Nc1cccnc1C(=O)O)NC1CCCCC1. The van der Waals surface area contributed by atoms with Crippen molar-refractivity contribution in [3.05, 3.63) is 24.0 Å². The zero-order valence-electron chi connectivity index (χ0n) is 10.6. The van der Waals surface area contributed by atoms with Crippen molar-refractivity contribution in [3.8, 4) is 0 Å². The van der Waals surface area contributed by atoms with Gasteiger partial charge in [-0.05, 0) is 25.0 Å². The summed E-state index contributed by atoms with van der Waals surface area (Å²) in [5, 5.41) is 14.4. The molecule has 0 bridgehead atoms. The number of carbonyl (C=O) groups excluding carboxylic acids is 1. The van der Waals surface area contributed by atoms with Crippen LogP contribution in [-0.2, 0) is 0 Å². The summed E-state index contributed by atoms with van der Waals surface area (Å²) in [4.78, 5) is 26.5. The van der Waals surface area contributed by atoms with Crippen LogP contribution < -0.4 is 10.6 Å². The molecule has 1 saturated carbocycles. The van der Waals surface area contributed by atoms with Crippen LogP contribution in [-0.4, -0.2) is 28.1 Å². The fraction of sp³-hybridized carbons (Fsp3) is 0.462. The lowest BCUT2D eigenvalue weighted by Crippen LogP contribution is -2.39. The van der Waals surface area contributed by atoms with Gasteiger partial charge in [0.2, 0.25) is 0 Å². The van der Waals surface area contributed by atoms with E-state index in [1.54, 1.807) is 6.07 Å². The molecule has 0 aromatic carbocycles. The largest absolute Gasteiger partial charge is 0.476 e. The van der Waals surface area contributed by atoms with E-state index >= 15 is 0 Å². The van der Waals surface area contributed by atoms with Gasteiger partial charge in [-0.25, -0.2) is 14.6 Å². The number of hydrogen-bond acceptors (Lipinski definition) is 3. The van der Waals surface area contributed by atoms with Gasteiger partial charge in [-0.3, -0.25) is 0 Å². The van der Waals surface area contributed by atoms with Crippen molar-refractivity contribution in [3.63, 3.8) is 0 Å². The van der Waals surface area contributed by atoms with E-state index in [4.69, 9.17) is 5.11 Å². The lowest BCUT2D eigenvalue weighted by molar-refractivity contribution is 0.0692. The molecular weight excluding hydrogens is 246 g/mol. The molecule has 6 heteroatoms. The van der Waals surface area contributed by atoms with Crippen molar-refractivity contribution in [1.29, 1.82) is 0 Å². The zero-order chi connectivity index (χ0) is 13.7. The van der Waals surface area contributed by atoms with Gasteiger partial charge in [0, 0.05) is 12.2 Å². The predicted molar refractivity (Wildman–Crippen MR) is 70.2 cm³/mol. The minimum atomic E-state index is -1.16. The van der Waals surface area contributed by atoms with Crippen molar-refractivity contribution >= 4 is 17.7 Å². The van der Waals surface area contributed by atoms with Crippen molar-refractivity contribution in [2.24, 2.45) is 0 Å². The van der Waals surface area contributed by atoms with E-state index < -0.39 is 5.97 Å². The summed E-state index contributed by atoms with van der Waals surface area (Å²) < 4.78 is 0. The van der Waals surface area contributed by atoms with E-state index in [1.165, 1.54) is 18.7 Å². The standard InChI is InChI=1S/C13H17N3O3/c17-12(18)11-10(7-4-8-14-11)16-13(19)15-9-5-2-1-3-6-9/h4,7-9H,1-3,5-6H2,(H,17,18)(H2,15,16,19). The molecular formula is C13H17N3O3. The first kappa shape index (κ1) is 13.3. The fourth-order valence-corrected chi connectivity index (χ4v) is 2.27. The molecule has 6 nitrogen and oxygen atoms in total. The minimum Gasteiger partial charge on any atom is -0.476 e. The second-order valence-electron chi connectivity index (χ2n) is 4.64. The quantitative estimate of drug-likeness (QED) is 0.779. The molecule has 1 aromatic rings. The summed E-state index contributed by atoms with van der Waals surface area (Å²) in [6, 6.07) is 2.92. The number of anilines is 1. The van der Waals surface area contributed by atoms with Gasteiger partial charge < -0.3 is 15.7 Å². The maximum Gasteiger partial charge on any atom is 0.356 e. The first-order valence-corrected chi connectivity index (χ1v) is 6.42. The minimum absolute atomic E-state index is 0.152. The zero-order valence-corrected chi connectivity index (χ0v) is 10.6. The first-order valence-electron chi connectivity index (χ1n) is 6.42. The molecule has 2 amide bonds. The van der Waals surface area contributed by atoms with E-state index in [-0.39, 0.29) is 23.5 Å². The van der Waals surface area contributed by atoms with Crippen molar-refractivity contribution in [2.45, 2.75) is 38.1 Å². The number of carboxylic acids is 1. The molecule has 1 aromatic heterocycles. The summed E-state index contributed by atoms with van der Waals surface area (Å²) in [5.74, 6) is -1.16. The molecule has 0 unspecified atom stereocenters. The van der Waals surface area contributed by atoms with Gasteiger partial charge in [0.1, 0.15) is 0 Å². The third-order valence-electron chi connectivity index (χ3n) is 3.20. The molecule has 0 aliphatic heterocycles. The Labute approximate surface area is 111 Å². The van der Waals surface area contributed by atoms with Gasteiger partial charge in [0.05, 0.1) is 5.69 Å². The molecule has 1 aliphatic carbocycles. The number of rotatable bonds is 3. The molecule has 0 radical (unpaired) electrons. The number of carbonyl (C=O) groups is 2. The first-order chi connectivity index (χ1) is 9.16. The lowest BCUT2D eigenvalue weighted by Gasteiger charge is -2.22. The van der Waals surface area contributed by atoms with Crippen LogP contribution in [0.2, 0.25) is 0 Å². The number of urea groups is 1. The smallest absolute Gasteiger partial charge is 0.356 e. The highest BCUT2D eigenvalue weighted by atomic mass is 16.4. The van der Waals surface area contributed by atoms with E-state index in [0.29, 0.717) is 0 Å². The number of aromatic carboxylic acids is 1. The van der Waals surface area contributed by atoms with E-state index in [1.807, 2.05) is 0 Å². The Balaban J connectivity index is 1.96. The molecule has 2 rings (SSSR count). The Kier molecular flexibility index (Phi) is 4.33. The highest BCUT2D eigenvalue weighted by molar-refractivity contribution is 5.98. The topological polar surface area (TPSA) is 91.3 Å². The lowest BCUT2D eigenvalue weighted by atomic mass is 9.96. The molecule has 0 atom stereocenters. The van der Waals surface area contributed by atoms with Crippen molar-refractivity contribution in [2.75, 3.05) is 5.32 Å². The van der Waals surface area contributed by atoms with Gasteiger partial charge in [-0.2, -0.15) is 0 Å². The van der Waals surface area contributed by atoms with Gasteiger partial charge in [0.15, 0.2) is 5.69 Å². The maximum absolute atomic E-state index is 11.8. The van der Waals surface area contributed by atoms with Crippen LogP contribution in [0.4, 0.5) is 10.5 Å². The average Bonchev–Trinajstić information content (AvgIpc) is 2.40. The van der Waals surface area contributed by atoms with Crippen LogP contribution in [0.25, 0.3) is 0 Å². The fourth-order valence-electron chi connectivity index (χ4n) is 2.27. The van der Waals surface area contributed by atoms with Crippen LogP contribution in [0, 0.1) is 0 Å². The monoisotopic (exact) mass is 263 g/mol. The molecule has 3 N–H and O–H groups in total.